The van der Waals surface area contributed by atoms with Crippen molar-refractivity contribution in [3.05, 3.63) is 6.42 Å². The molecule has 0 heterocycles. The monoisotopic (exact) mass is 132 g/mol. The number of hydrogen-bond acceptors (Lipinski definition) is 0. The average Bonchev–Trinajstić information content (AvgIpc) is 1.98. The van der Waals surface area contributed by atoms with Crippen LogP contribution >= 0.6 is 0 Å². The molecular formula is C9H17Li. The Bertz CT molecular complexity index is 88.9. The van der Waals surface area contributed by atoms with Crippen LogP contribution in [0.1, 0.15) is 27.7 Å². The fourth-order valence-corrected chi connectivity index (χ4v) is 1.79. The zero-order valence-corrected chi connectivity index (χ0v) is 7.89. The Morgan fingerprint density at radius 2 is 1.10 bits per heavy atom. The van der Waals surface area contributed by atoms with Crippen LogP contribution in [0.3, 0.4) is 0 Å². The third-order valence-corrected chi connectivity index (χ3v) is 3.10. The fraction of sp³-hybridized carbons (Fsp3) is 0.889. The van der Waals surface area contributed by atoms with Gasteiger partial charge in [0.25, 0.3) is 0 Å². The molecule has 1 heteroatoms. The molecule has 1 aliphatic rings. The molecule has 0 amide bonds. The quantitative estimate of drug-likeness (QED) is 0.315. The third kappa shape index (κ3) is 1.80. The molecule has 0 nitrogen and oxygen atoms in total. The van der Waals surface area contributed by atoms with Gasteiger partial charge in [-0.25, -0.2) is 0 Å². The topological polar surface area (TPSA) is 0 Å². The zero-order valence-electron chi connectivity index (χ0n) is 7.89. The zero-order chi connectivity index (χ0) is 7.02. The van der Waals surface area contributed by atoms with Crippen molar-refractivity contribution in [1.82, 2.24) is 0 Å². The number of hydrogen-bond donors (Lipinski definition) is 0. The summed E-state index contributed by atoms with van der Waals surface area (Å²) in [6.07, 6.45) is 2.48. The van der Waals surface area contributed by atoms with Gasteiger partial charge in [0.15, 0.2) is 0 Å². The molecule has 1 aliphatic carbocycles. The Kier molecular flexibility index (Phi) is 4.07. The van der Waals surface area contributed by atoms with E-state index in [0.717, 1.165) is 23.7 Å². The third-order valence-electron chi connectivity index (χ3n) is 3.10. The minimum atomic E-state index is 0. The molecular weight excluding hydrogens is 115 g/mol. The van der Waals surface area contributed by atoms with E-state index in [1.807, 2.05) is 0 Å². The summed E-state index contributed by atoms with van der Waals surface area (Å²) in [4.78, 5) is 0. The summed E-state index contributed by atoms with van der Waals surface area (Å²) < 4.78 is 0. The summed E-state index contributed by atoms with van der Waals surface area (Å²) >= 11 is 0. The van der Waals surface area contributed by atoms with E-state index >= 15 is 0 Å². The van der Waals surface area contributed by atoms with Gasteiger partial charge in [0.05, 0.1) is 0 Å². The molecule has 0 N–H and O–H groups in total. The molecule has 0 radical (unpaired) electrons. The Labute approximate surface area is 77.0 Å². The van der Waals surface area contributed by atoms with Crippen LogP contribution in [0.5, 0.6) is 0 Å². The van der Waals surface area contributed by atoms with Gasteiger partial charge in [0, 0.05) is 0 Å². The molecule has 0 aromatic carbocycles. The summed E-state index contributed by atoms with van der Waals surface area (Å²) in [5, 5.41) is 0. The van der Waals surface area contributed by atoms with Crippen molar-refractivity contribution >= 4 is 0 Å². The largest absolute Gasteiger partial charge is 1.00 e. The van der Waals surface area contributed by atoms with Crippen LogP contribution < -0.4 is 18.9 Å². The maximum absolute atomic E-state index is 2.48. The van der Waals surface area contributed by atoms with Crippen LogP contribution in [0, 0.1) is 30.1 Å². The Balaban J connectivity index is 0.000000810. The Morgan fingerprint density at radius 3 is 1.20 bits per heavy atom. The molecule has 0 aromatic rings. The molecule has 1 saturated carbocycles. The van der Waals surface area contributed by atoms with Gasteiger partial charge in [0.2, 0.25) is 0 Å². The van der Waals surface area contributed by atoms with E-state index in [0.29, 0.717) is 0 Å². The standard InChI is InChI=1S/C9H17.Li/c1-6-5-7(2)9(4)8(6)3;/h5-9H,1-4H3;/q-1;+1. The first-order valence-corrected chi connectivity index (χ1v) is 3.98. The van der Waals surface area contributed by atoms with Gasteiger partial charge in [-0.15, -0.1) is 0 Å². The first-order chi connectivity index (χ1) is 4.13. The van der Waals surface area contributed by atoms with Crippen LogP contribution in [0.2, 0.25) is 0 Å². The van der Waals surface area contributed by atoms with Gasteiger partial charge in [-0.1, -0.05) is 39.5 Å². The molecule has 10 heavy (non-hydrogen) atoms. The minimum Gasteiger partial charge on any atom is -0.322 e. The average molecular weight is 132 g/mol. The molecule has 1 rings (SSSR count). The normalized spacial score (nSPS) is 46.8. The van der Waals surface area contributed by atoms with Crippen molar-refractivity contribution in [2.75, 3.05) is 0 Å². The van der Waals surface area contributed by atoms with Crippen LogP contribution in [0.4, 0.5) is 0 Å². The van der Waals surface area contributed by atoms with Gasteiger partial charge in [-0.05, 0) is 0 Å². The summed E-state index contributed by atoms with van der Waals surface area (Å²) in [6.45, 7) is 9.36. The van der Waals surface area contributed by atoms with Gasteiger partial charge in [0.1, 0.15) is 0 Å². The molecule has 0 saturated heterocycles. The first-order valence-electron chi connectivity index (χ1n) is 3.98. The molecule has 0 aliphatic heterocycles. The van der Waals surface area contributed by atoms with Gasteiger partial charge < -0.3 is 6.42 Å². The van der Waals surface area contributed by atoms with Crippen molar-refractivity contribution < 1.29 is 18.9 Å². The van der Waals surface area contributed by atoms with E-state index in [9.17, 15) is 0 Å². The minimum absolute atomic E-state index is 0. The van der Waals surface area contributed by atoms with Crippen LogP contribution in [0.15, 0.2) is 0 Å². The van der Waals surface area contributed by atoms with E-state index in [1.165, 1.54) is 0 Å². The van der Waals surface area contributed by atoms with Crippen LogP contribution in [0.25, 0.3) is 0 Å². The van der Waals surface area contributed by atoms with Crippen molar-refractivity contribution in [2.45, 2.75) is 27.7 Å². The van der Waals surface area contributed by atoms with Crippen molar-refractivity contribution in [1.29, 1.82) is 0 Å². The molecule has 0 bridgehead atoms. The maximum atomic E-state index is 2.48. The van der Waals surface area contributed by atoms with Gasteiger partial charge in [-0.3, -0.25) is 0 Å². The fourth-order valence-electron chi connectivity index (χ4n) is 1.79. The van der Waals surface area contributed by atoms with E-state index in [-0.39, 0.29) is 18.9 Å². The van der Waals surface area contributed by atoms with Crippen LogP contribution in [-0.4, -0.2) is 0 Å². The summed E-state index contributed by atoms with van der Waals surface area (Å²) in [5.41, 5.74) is 0. The van der Waals surface area contributed by atoms with Crippen LogP contribution in [-0.2, 0) is 0 Å². The smallest absolute Gasteiger partial charge is 0.322 e. The second-order valence-electron chi connectivity index (χ2n) is 3.63. The van der Waals surface area contributed by atoms with E-state index < -0.39 is 0 Å². The summed E-state index contributed by atoms with van der Waals surface area (Å²) in [6, 6.07) is 0. The first kappa shape index (κ1) is 10.6. The Hall–Kier alpha value is 0.597. The van der Waals surface area contributed by atoms with Crippen molar-refractivity contribution in [3.63, 3.8) is 0 Å². The van der Waals surface area contributed by atoms with Gasteiger partial charge >= 0.3 is 18.9 Å². The second-order valence-corrected chi connectivity index (χ2v) is 3.63. The predicted octanol–water partition coefficient (Wildman–Crippen LogP) is -0.247. The maximum Gasteiger partial charge on any atom is 1.00 e. The predicted molar refractivity (Wildman–Crippen MR) is 41.0 cm³/mol. The summed E-state index contributed by atoms with van der Waals surface area (Å²) in [7, 11) is 0. The molecule has 0 spiro atoms. The SMILES string of the molecule is CC1[CH-]C(C)C(C)C1C.[Li+]. The van der Waals surface area contributed by atoms with Crippen molar-refractivity contribution in [2.24, 2.45) is 23.7 Å². The van der Waals surface area contributed by atoms with E-state index in [1.54, 1.807) is 0 Å². The molecule has 0 aromatic heterocycles. The van der Waals surface area contributed by atoms with Crippen molar-refractivity contribution in [3.8, 4) is 0 Å². The second kappa shape index (κ2) is 3.84. The van der Waals surface area contributed by atoms with Gasteiger partial charge in [-0.2, -0.15) is 11.8 Å². The molecule has 4 atom stereocenters. The Morgan fingerprint density at radius 1 is 0.800 bits per heavy atom. The molecule has 54 valence electrons. The molecule has 1 fully saturated rings. The summed E-state index contributed by atoms with van der Waals surface area (Å²) in [5.74, 6) is 3.49. The van der Waals surface area contributed by atoms with E-state index in [2.05, 4.69) is 34.1 Å². The van der Waals surface area contributed by atoms with E-state index in [4.69, 9.17) is 0 Å². The number of rotatable bonds is 0. The molecule has 4 unspecified atom stereocenters.